The van der Waals surface area contributed by atoms with Crippen molar-refractivity contribution in [2.24, 2.45) is 5.73 Å². The second kappa shape index (κ2) is 4.67. The van der Waals surface area contributed by atoms with Crippen LogP contribution in [0.15, 0.2) is 38.1 Å². The minimum atomic E-state index is -0.347. The molecule has 1 aromatic carbocycles. The fourth-order valence-corrected chi connectivity index (χ4v) is 1.97. The molecule has 0 spiro atoms. The molecular weight excluding hydrogens is 272 g/mol. The lowest BCUT2D eigenvalue weighted by molar-refractivity contribution is 0.392. The standard InChI is InChI=1S/C11H11BrN2O2/c12-8-3-1-2-7(6-8)10-9(4-5-13)11(15)16-14-10/h1-3,6,14H,4-5,13H2. The quantitative estimate of drug-likeness (QED) is 0.903. The van der Waals surface area contributed by atoms with Crippen LogP contribution in [0.25, 0.3) is 11.3 Å². The maximum Gasteiger partial charge on any atom is 0.361 e. The fraction of sp³-hybridized carbons (Fsp3) is 0.182. The molecule has 0 radical (unpaired) electrons. The smallest absolute Gasteiger partial charge is 0.338 e. The number of hydrogen-bond acceptors (Lipinski definition) is 3. The van der Waals surface area contributed by atoms with E-state index in [-0.39, 0.29) is 5.63 Å². The number of rotatable bonds is 3. The summed E-state index contributed by atoms with van der Waals surface area (Å²) >= 11 is 3.38. The molecule has 5 heteroatoms. The van der Waals surface area contributed by atoms with E-state index in [0.717, 1.165) is 10.0 Å². The first-order valence-corrected chi connectivity index (χ1v) is 5.68. The van der Waals surface area contributed by atoms with Gasteiger partial charge in [-0.2, -0.15) is 0 Å². The second-order valence-corrected chi connectivity index (χ2v) is 4.31. The van der Waals surface area contributed by atoms with Crippen molar-refractivity contribution in [3.8, 4) is 11.3 Å². The Labute approximate surface area is 101 Å². The predicted molar refractivity (Wildman–Crippen MR) is 65.2 cm³/mol. The van der Waals surface area contributed by atoms with Crippen molar-refractivity contribution >= 4 is 15.9 Å². The molecule has 1 heterocycles. The van der Waals surface area contributed by atoms with Gasteiger partial charge >= 0.3 is 5.63 Å². The molecule has 2 aromatic rings. The van der Waals surface area contributed by atoms with Crippen molar-refractivity contribution in [2.75, 3.05) is 6.54 Å². The zero-order valence-electron chi connectivity index (χ0n) is 8.50. The largest absolute Gasteiger partial charge is 0.361 e. The van der Waals surface area contributed by atoms with Gasteiger partial charge in [-0.25, -0.2) is 9.95 Å². The van der Waals surface area contributed by atoms with E-state index in [2.05, 4.69) is 21.1 Å². The molecular formula is C11H11BrN2O2. The monoisotopic (exact) mass is 282 g/mol. The van der Waals surface area contributed by atoms with Gasteiger partial charge < -0.3 is 10.3 Å². The Morgan fingerprint density at radius 1 is 1.44 bits per heavy atom. The number of aromatic nitrogens is 1. The summed E-state index contributed by atoms with van der Waals surface area (Å²) in [7, 11) is 0. The molecule has 0 amide bonds. The maximum atomic E-state index is 11.4. The number of H-pyrrole nitrogens is 1. The minimum absolute atomic E-state index is 0.347. The molecule has 0 atom stereocenters. The van der Waals surface area contributed by atoms with Gasteiger partial charge in [0.2, 0.25) is 0 Å². The average Bonchev–Trinajstić information content (AvgIpc) is 2.61. The lowest BCUT2D eigenvalue weighted by Gasteiger charge is -2.00. The molecule has 0 fully saturated rings. The highest BCUT2D eigenvalue weighted by molar-refractivity contribution is 9.10. The lowest BCUT2D eigenvalue weighted by Crippen LogP contribution is -2.10. The van der Waals surface area contributed by atoms with Crippen LogP contribution in [0.4, 0.5) is 0 Å². The number of benzene rings is 1. The summed E-state index contributed by atoms with van der Waals surface area (Å²) in [6.45, 7) is 0.420. The van der Waals surface area contributed by atoms with Gasteiger partial charge in [0.15, 0.2) is 0 Å². The van der Waals surface area contributed by atoms with Crippen LogP contribution in [0.1, 0.15) is 5.56 Å². The van der Waals surface area contributed by atoms with E-state index < -0.39 is 0 Å². The summed E-state index contributed by atoms with van der Waals surface area (Å²) < 4.78 is 5.74. The first-order chi connectivity index (χ1) is 7.72. The van der Waals surface area contributed by atoms with Crippen LogP contribution in [0, 0.1) is 0 Å². The van der Waals surface area contributed by atoms with Gasteiger partial charge in [0.1, 0.15) is 0 Å². The number of nitrogens with two attached hydrogens (primary N) is 1. The first kappa shape index (κ1) is 11.2. The van der Waals surface area contributed by atoms with Crippen molar-refractivity contribution in [2.45, 2.75) is 6.42 Å². The summed E-state index contributed by atoms with van der Waals surface area (Å²) in [5, 5.41) is 2.64. The Balaban J connectivity index is 2.51. The van der Waals surface area contributed by atoms with Gasteiger partial charge in [0.05, 0.1) is 11.3 Å². The Kier molecular flexibility index (Phi) is 3.26. The third-order valence-electron chi connectivity index (χ3n) is 2.30. The van der Waals surface area contributed by atoms with Gasteiger partial charge in [0.25, 0.3) is 0 Å². The Morgan fingerprint density at radius 2 is 2.25 bits per heavy atom. The summed E-state index contributed by atoms with van der Waals surface area (Å²) in [6.07, 6.45) is 0.508. The van der Waals surface area contributed by atoms with Crippen molar-refractivity contribution in [3.05, 3.63) is 44.7 Å². The first-order valence-electron chi connectivity index (χ1n) is 4.88. The van der Waals surface area contributed by atoms with Crippen LogP contribution in [0.5, 0.6) is 0 Å². The molecule has 0 aliphatic carbocycles. The summed E-state index contributed by atoms with van der Waals surface area (Å²) in [5.41, 5.74) is 7.32. The number of halogens is 1. The van der Waals surface area contributed by atoms with Crippen molar-refractivity contribution in [1.82, 2.24) is 5.16 Å². The van der Waals surface area contributed by atoms with Gasteiger partial charge in [-0.15, -0.1) is 0 Å². The molecule has 3 N–H and O–H groups in total. The molecule has 0 aliphatic rings. The molecule has 0 saturated carbocycles. The van der Waals surface area contributed by atoms with Crippen molar-refractivity contribution in [1.29, 1.82) is 0 Å². The van der Waals surface area contributed by atoms with Gasteiger partial charge in [-0.05, 0) is 25.1 Å². The summed E-state index contributed by atoms with van der Waals surface area (Å²) in [6, 6.07) is 7.65. The van der Waals surface area contributed by atoms with Crippen LogP contribution < -0.4 is 11.4 Å². The van der Waals surface area contributed by atoms with E-state index in [1.807, 2.05) is 24.3 Å². The van der Waals surface area contributed by atoms with E-state index in [9.17, 15) is 4.79 Å². The highest BCUT2D eigenvalue weighted by Gasteiger charge is 2.12. The Morgan fingerprint density at radius 3 is 2.94 bits per heavy atom. The van der Waals surface area contributed by atoms with Gasteiger partial charge in [0, 0.05) is 10.0 Å². The highest BCUT2D eigenvalue weighted by atomic mass is 79.9. The van der Waals surface area contributed by atoms with Crippen LogP contribution in [0.2, 0.25) is 0 Å². The topological polar surface area (TPSA) is 72.0 Å². The second-order valence-electron chi connectivity index (χ2n) is 3.39. The molecule has 0 aliphatic heterocycles. The molecule has 0 bridgehead atoms. The Hall–Kier alpha value is -1.33. The normalized spacial score (nSPS) is 10.6. The lowest BCUT2D eigenvalue weighted by atomic mass is 10.1. The number of hydrogen-bond donors (Lipinski definition) is 2. The van der Waals surface area contributed by atoms with E-state index in [0.29, 0.717) is 24.2 Å². The average molecular weight is 283 g/mol. The summed E-state index contributed by atoms with van der Waals surface area (Å²) in [5.74, 6) is 0. The van der Waals surface area contributed by atoms with Crippen LogP contribution in [-0.2, 0) is 6.42 Å². The van der Waals surface area contributed by atoms with Crippen LogP contribution in [0.3, 0.4) is 0 Å². The van der Waals surface area contributed by atoms with Crippen LogP contribution in [-0.4, -0.2) is 11.7 Å². The molecule has 4 nitrogen and oxygen atoms in total. The molecule has 0 unspecified atom stereocenters. The number of aromatic amines is 1. The summed E-state index contributed by atoms with van der Waals surface area (Å²) in [4.78, 5) is 11.4. The third kappa shape index (κ3) is 2.10. The molecule has 84 valence electrons. The minimum Gasteiger partial charge on any atom is -0.338 e. The number of nitrogens with one attached hydrogen (secondary N) is 1. The van der Waals surface area contributed by atoms with E-state index in [1.54, 1.807) is 0 Å². The van der Waals surface area contributed by atoms with Gasteiger partial charge in [-0.1, -0.05) is 28.1 Å². The van der Waals surface area contributed by atoms with Crippen molar-refractivity contribution < 1.29 is 4.52 Å². The molecule has 16 heavy (non-hydrogen) atoms. The maximum absolute atomic E-state index is 11.4. The van der Waals surface area contributed by atoms with Crippen molar-refractivity contribution in [3.63, 3.8) is 0 Å². The van der Waals surface area contributed by atoms with E-state index in [1.165, 1.54) is 0 Å². The SMILES string of the molecule is NCCc1c(-c2cccc(Br)c2)[nH]oc1=O. The zero-order chi connectivity index (χ0) is 11.5. The molecule has 0 saturated heterocycles. The highest BCUT2D eigenvalue weighted by Crippen LogP contribution is 2.23. The third-order valence-corrected chi connectivity index (χ3v) is 2.79. The Bertz CT molecular complexity index is 545. The van der Waals surface area contributed by atoms with Gasteiger partial charge in [-0.3, -0.25) is 0 Å². The predicted octanol–water partition coefficient (Wildman–Crippen LogP) is 1.90. The fourth-order valence-electron chi connectivity index (χ4n) is 1.57. The zero-order valence-corrected chi connectivity index (χ0v) is 10.1. The molecule has 2 rings (SSSR count). The van der Waals surface area contributed by atoms with E-state index >= 15 is 0 Å². The van der Waals surface area contributed by atoms with Crippen LogP contribution >= 0.6 is 15.9 Å². The molecule has 1 aromatic heterocycles. The van der Waals surface area contributed by atoms with E-state index in [4.69, 9.17) is 10.3 Å².